The van der Waals surface area contributed by atoms with E-state index in [0.717, 1.165) is 5.56 Å². The number of halogens is 3. The summed E-state index contributed by atoms with van der Waals surface area (Å²) < 4.78 is 5.31. The second-order valence-corrected chi connectivity index (χ2v) is 5.26. The summed E-state index contributed by atoms with van der Waals surface area (Å²) in [6, 6.07) is 6.97. The molecule has 2 heterocycles. The number of H-pyrrole nitrogens is 1. The zero-order valence-electron chi connectivity index (χ0n) is 10.2. The maximum Gasteiger partial charge on any atom is 0.179 e. The number of aromatic amines is 1. The number of benzene rings is 1. The average Bonchev–Trinajstić information content (AvgIpc) is 2.82. The molecule has 0 saturated heterocycles. The van der Waals surface area contributed by atoms with Crippen LogP contribution in [0.25, 0.3) is 22.6 Å². The largest absolute Gasteiger partial charge is 0.496 e. The van der Waals surface area contributed by atoms with Gasteiger partial charge in [0.2, 0.25) is 0 Å². The number of hydrogen-bond donors (Lipinski definition) is 1. The van der Waals surface area contributed by atoms with Gasteiger partial charge in [-0.3, -0.25) is 0 Å². The molecule has 0 atom stereocenters. The van der Waals surface area contributed by atoms with Crippen LogP contribution in [-0.2, 0) is 0 Å². The molecule has 0 radical (unpaired) electrons. The van der Waals surface area contributed by atoms with Crippen molar-refractivity contribution < 1.29 is 4.74 Å². The number of nitrogens with one attached hydrogen (secondary N) is 1. The first kappa shape index (κ1) is 13.5. The molecule has 4 nitrogen and oxygen atoms in total. The van der Waals surface area contributed by atoms with Crippen molar-refractivity contribution >= 4 is 46.0 Å². The van der Waals surface area contributed by atoms with Crippen molar-refractivity contribution in [3.8, 4) is 17.1 Å². The fourth-order valence-corrected chi connectivity index (χ4v) is 2.35. The molecular formula is C13H8Cl3N3O. The van der Waals surface area contributed by atoms with Crippen molar-refractivity contribution in [1.82, 2.24) is 15.0 Å². The van der Waals surface area contributed by atoms with Gasteiger partial charge in [-0.15, -0.1) is 0 Å². The molecule has 0 saturated carbocycles. The molecule has 102 valence electrons. The van der Waals surface area contributed by atoms with Crippen molar-refractivity contribution in [3.63, 3.8) is 0 Å². The maximum absolute atomic E-state index is 6.02. The van der Waals surface area contributed by atoms with Gasteiger partial charge in [0.05, 0.1) is 23.2 Å². The van der Waals surface area contributed by atoms with Crippen molar-refractivity contribution in [2.24, 2.45) is 0 Å². The highest BCUT2D eigenvalue weighted by molar-refractivity contribution is 6.41. The molecule has 1 aromatic carbocycles. The Hall–Kier alpha value is -1.49. The summed E-state index contributed by atoms with van der Waals surface area (Å²) in [5, 5.41) is 1.17. The third kappa shape index (κ3) is 2.30. The molecule has 1 N–H and O–H groups in total. The fraction of sp³-hybridized carbons (Fsp3) is 0.0769. The lowest BCUT2D eigenvalue weighted by Crippen LogP contribution is -1.89. The van der Waals surface area contributed by atoms with Crippen LogP contribution < -0.4 is 4.74 Å². The molecule has 0 amide bonds. The summed E-state index contributed by atoms with van der Waals surface area (Å²) in [6.45, 7) is 0. The van der Waals surface area contributed by atoms with Crippen molar-refractivity contribution in [3.05, 3.63) is 39.5 Å². The van der Waals surface area contributed by atoms with E-state index in [1.165, 1.54) is 0 Å². The molecule has 0 bridgehead atoms. The Morgan fingerprint density at radius 3 is 2.65 bits per heavy atom. The molecule has 0 aliphatic heterocycles. The smallest absolute Gasteiger partial charge is 0.179 e. The van der Waals surface area contributed by atoms with Gasteiger partial charge >= 0.3 is 0 Å². The Bertz CT molecular complexity index is 762. The first-order valence-electron chi connectivity index (χ1n) is 5.64. The first-order valence-corrected chi connectivity index (χ1v) is 6.77. The molecule has 7 heteroatoms. The summed E-state index contributed by atoms with van der Waals surface area (Å²) in [5.41, 5.74) is 1.91. The number of aromatic nitrogens is 3. The van der Waals surface area contributed by atoms with E-state index in [0.29, 0.717) is 32.8 Å². The molecule has 0 aliphatic carbocycles. The third-order valence-electron chi connectivity index (χ3n) is 2.80. The average molecular weight is 329 g/mol. The predicted molar refractivity (Wildman–Crippen MR) is 80.9 cm³/mol. The standard InChI is InChI=1S/C13H8Cl3N3O/c1-20-10-3-2-6(14)4-7(10)12-17-9-5-8(15)11(16)18-13(9)19-12/h2-5H,1H3,(H,17,18,19). The van der Waals surface area contributed by atoms with Gasteiger partial charge in [0.25, 0.3) is 0 Å². The monoisotopic (exact) mass is 327 g/mol. The number of methoxy groups -OCH3 is 1. The van der Waals surface area contributed by atoms with Crippen LogP contribution in [0.1, 0.15) is 0 Å². The lowest BCUT2D eigenvalue weighted by Gasteiger charge is -2.05. The summed E-state index contributed by atoms with van der Waals surface area (Å²) in [6.07, 6.45) is 0. The topological polar surface area (TPSA) is 50.8 Å². The van der Waals surface area contributed by atoms with Crippen LogP contribution in [0.2, 0.25) is 15.2 Å². The van der Waals surface area contributed by atoms with Crippen LogP contribution in [0.5, 0.6) is 5.75 Å². The second-order valence-electron chi connectivity index (χ2n) is 4.06. The third-order valence-corrected chi connectivity index (χ3v) is 3.71. The number of nitrogens with zero attached hydrogens (tertiary/aromatic N) is 2. The molecule has 0 unspecified atom stereocenters. The van der Waals surface area contributed by atoms with Crippen LogP contribution in [0, 0.1) is 0 Å². The Labute approximate surface area is 129 Å². The normalized spacial score (nSPS) is 11.0. The van der Waals surface area contributed by atoms with Crippen LogP contribution in [0.3, 0.4) is 0 Å². The summed E-state index contributed by atoms with van der Waals surface area (Å²) in [7, 11) is 1.58. The minimum absolute atomic E-state index is 0.218. The highest BCUT2D eigenvalue weighted by Gasteiger charge is 2.13. The van der Waals surface area contributed by atoms with Crippen LogP contribution >= 0.6 is 34.8 Å². The molecule has 0 spiro atoms. The number of fused-ring (bicyclic) bond motifs is 1. The molecular weight excluding hydrogens is 321 g/mol. The molecule has 3 aromatic rings. The highest BCUT2D eigenvalue weighted by Crippen LogP contribution is 2.32. The molecule has 20 heavy (non-hydrogen) atoms. The predicted octanol–water partition coefficient (Wildman–Crippen LogP) is 4.59. The van der Waals surface area contributed by atoms with Gasteiger partial charge in [-0.2, -0.15) is 0 Å². The SMILES string of the molecule is COc1ccc(Cl)cc1-c1nc2nc(Cl)c(Cl)cc2[nH]1. The molecule has 0 fully saturated rings. The van der Waals surface area contributed by atoms with Crippen LogP contribution in [-0.4, -0.2) is 22.1 Å². The van der Waals surface area contributed by atoms with Gasteiger partial charge in [-0.25, -0.2) is 9.97 Å². The van der Waals surface area contributed by atoms with E-state index >= 15 is 0 Å². The van der Waals surface area contributed by atoms with Crippen molar-refractivity contribution in [1.29, 1.82) is 0 Å². The number of ether oxygens (including phenoxy) is 1. The number of hydrogen-bond acceptors (Lipinski definition) is 3. The van der Waals surface area contributed by atoms with Crippen molar-refractivity contribution in [2.45, 2.75) is 0 Å². The van der Waals surface area contributed by atoms with Crippen LogP contribution in [0.15, 0.2) is 24.3 Å². The number of rotatable bonds is 2. The number of imidazole rings is 1. The van der Waals surface area contributed by atoms with Gasteiger partial charge in [-0.1, -0.05) is 34.8 Å². The van der Waals surface area contributed by atoms with E-state index in [9.17, 15) is 0 Å². The first-order chi connectivity index (χ1) is 9.58. The summed E-state index contributed by atoms with van der Waals surface area (Å²) >= 11 is 17.8. The van der Waals surface area contributed by atoms with E-state index in [2.05, 4.69) is 15.0 Å². The Morgan fingerprint density at radius 2 is 1.90 bits per heavy atom. The van der Waals surface area contributed by atoms with E-state index in [-0.39, 0.29) is 5.15 Å². The van der Waals surface area contributed by atoms with Gasteiger partial charge in [0.1, 0.15) is 16.7 Å². The van der Waals surface area contributed by atoms with Gasteiger partial charge in [-0.05, 0) is 24.3 Å². The van der Waals surface area contributed by atoms with Crippen LogP contribution in [0.4, 0.5) is 0 Å². The number of pyridine rings is 1. The summed E-state index contributed by atoms with van der Waals surface area (Å²) in [4.78, 5) is 11.6. The minimum atomic E-state index is 0.218. The van der Waals surface area contributed by atoms with Crippen molar-refractivity contribution in [2.75, 3.05) is 7.11 Å². The zero-order chi connectivity index (χ0) is 14.3. The fourth-order valence-electron chi connectivity index (χ4n) is 1.89. The highest BCUT2D eigenvalue weighted by atomic mass is 35.5. The van der Waals surface area contributed by atoms with E-state index in [1.54, 1.807) is 31.4 Å². The van der Waals surface area contributed by atoms with E-state index in [1.807, 2.05) is 0 Å². The maximum atomic E-state index is 6.02. The molecule has 0 aliphatic rings. The Balaban J connectivity index is 2.22. The minimum Gasteiger partial charge on any atom is -0.496 e. The lowest BCUT2D eigenvalue weighted by atomic mass is 10.2. The summed E-state index contributed by atoms with van der Waals surface area (Å²) in [5.74, 6) is 1.25. The van der Waals surface area contributed by atoms with Gasteiger partial charge in [0.15, 0.2) is 5.65 Å². The van der Waals surface area contributed by atoms with Gasteiger partial charge in [0, 0.05) is 5.02 Å². The molecule has 3 rings (SSSR count). The van der Waals surface area contributed by atoms with E-state index < -0.39 is 0 Å². The molecule has 2 aromatic heterocycles. The van der Waals surface area contributed by atoms with E-state index in [4.69, 9.17) is 39.5 Å². The second kappa shape index (κ2) is 5.13. The Kier molecular flexibility index (Phi) is 3.46. The Morgan fingerprint density at radius 1 is 1.10 bits per heavy atom. The lowest BCUT2D eigenvalue weighted by molar-refractivity contribution is 0.416. The zero-order valence-corrected chi connectivity index (χ0v) is 12.5. The quantitative estimate of drug-likeness (QED) is 0.700. The van der Waals surface area contributed by atoms with Gasteiger partial charge < -0.3 is 9.72 Å².